The third-order valence-corrected chi connectivity index (χ3v) is 6.33. The van der Waals surface area contributed by atoms with E-state index in [2.05, 4.69) is 36.1 Å². The first-order valence-corrected chi connectivity index (χ1v) is 12.6. The van der Waals surface area contributed by atoms with E-state index in [0.29, 0.717) is 22.8 Å². The minimum absolute atomic E-state index is 0.00342. The van der Waals surface area contributed by atoms with E-state index in [9.17, 15) is 18.0 Å². The zero-order valence-electron chi connectivity index (χ0n) is 22.3. The molecule has 0 aliphatic carbocycles. The number of pyridine rings is 2. The first kappa shape index (κ1) is 27.5. The van der Waals surface area contributed by atoms with Crippen LogP contribution in [0.1, 0.15) is 35.4 Å². The molecule has 2 N–H and O–H groups in total. The predicted molar refractivity (Wildman–Crippen MR) is 144 cm³/mol. The summed E-state index contributed by atoms with van der Waals surface area (Å²) in [7, 11) is 0. The van der Waals surface area contributed by atoms with E-state index < -0.39 is 17.8 Å². The first-order chi connectivity index (χ1) is 19.6. The molecule has 0 bridgehead atoms. The van der Waals surface area contributed by atoms with Crippen LogP contribution in [0.15, 0.2) is 71.5 Å². The molecule has 1 unspecified atom stereocenters. The van der Waals surface area contributed by atoms with Gasteiger partial charge < -0.3 is 15.2 Å². The maximum atomic E-state index is 13.1. The molecule has 0 fully saturated rings. The highest BCUT2D eigenvalue weighted by Crippen LogP contribution is 2.31. The number of carbonyl (C=O) groups is 1. The fourth-order valence-corrected chi connectivity index (χ4v) is 4.12. The largest absolute Gasteiger partial charge is 0.416 e. The normalized spacial score (nSPS) is 12.2. The highest BCUT2D eigenvalue weighted by molar-refractivity contribution is 5.80. The molecule has 0 aliphatic rings. The van der Waals surface area contributed by atoms with Crippen LogP contribution in [0.4, 0.5) is 24.8 Å². The summed E-state index contributed by atoms with van der Waals surface area (Å²) in [4.78, 5) is 21.4. The molecule has 1 atom stereocenters. The first-order valence-electron chi connectivity index (χ1n) is 12.6. The Kier molecular flexibility index (Phi) is 7.51. The molecule has 4 aromatic heterocycles. The van der Waals surface area contributed by atoms with Gasteiger partial charge in [-0.2, -0.15) is 13.2 Å². The van der Waals surface area contributed by atoms with Gasteiger partial charge in [0.1, 0.15) is 34.8 Å². The number of nitrogens with one attached hydrogen (secondary N) is 2. The van der Waals surface area contributed by atoms with Crippen LogP contribution in [0, 0.1) is 13.8 Å². The lowest BCUT2D eigenvalue weighted by Gasteiger charge is -2.12. The Labute approximate surface area is 232 Å². The standard InChI is InChI=1S/C28H25F3N8O2/c1-16-11-22(34-25(12-16)35-24-13-20(9-10-32-24)28(29,30)31)23-15-39(38-36-23)17(2)27(40)33-14-21-18(3)41-37-26(21)19-7-5-4-6-8-19/h4-13,15,17H,14H2,1-3H3,(H,33,40)(H,32,34,35). The van der Waals surface area contributed by atoms with Gasteiger partial charge in [-0.15, -0.1) is 5.10 Å². The van der Waals surface area contributed by atoms with E-state index in [4.69, 9.17) is 4.52 Å². The Morgan fingerprint density at radius 3 is 2.59 bits per heavy atom. The molecule has 41 heavy (non-hydrogen) atoms. The van der Waals surface area contributed by atoms with Crippen molar-refractivity contribution in [2.75, 3.05) is 5.32 Å². The van der Waals surface area contributed by atoms with Crippen molar-refractivity contribution in [1.82, 2.24) is 35.4 Å². The number of hydrogen-bond acceptors (Lipinski definition) is 8. The summed E-state index contributed by atoms with van der Waals surface area (Å²) in [5.41, 5.74) is 3.08. The van der Waals surface area contributed by atoms with E-state index >= 15 is 0 Å². The number of carbonyl (C=O) groups excluding carboxylic acids is 1. The van der Waals surface area contributed by atoms with Gasteiger partial charge in [-0.05, 0) is 50.6 Å². The highest BCUT2D eigenvalue weighted by Gasteiger charge is 2.30. The lowest BCUT2D eigenvalue weighted by atomic mass is 10.1. The molecule has 13 heteroatoms. The molecule has 4 heterocycles. The summed E-state index contributed by atoms with van der Waals surface area (Å²) in [6.45, 7) is 5.49. The molecule has 0 aliphatic heterocycles. The fourth-order valence-electron chi connectivity index (χ4n) is 4.12. The minimum Gasteiger partial charge on any atom is -0.361 e. The lowest BCUT2D eigenvalue weighted by molar-refractivity contribution is -0.137. The van der Waals surface area contributed by atoms with Crippen molar-refractivity contribution in [3.63, 3.8) is 0 Å². The average molecular weight is 563 g/mol. The van der Waals surface area contributed by atoms with Gasteiger partial charge in [-0.25, -0.2) is 14.6 Å². The topological polar surface area (TPSA) is 124 Å². The molecular weight excluding hydrogens is 537 g/mol. The van der Waals surface area contributed by atoms with Crippen molar-refractivity contribution in [2.24, 2.45) is 0 Å². The highest BCUT2D eigenvalue weighted by atomic mass is 19.4. The summed E-state index contributed by atoms with van der Waals surface area (Å²) in [5.74, 6) is 0.591. The Balaban J connectivity index is 1.29. The van der Waals surface area contributed by atoms with Crippen LogP contribution in [-0.4, -0.2) is 36.0 Å². The van der Waals surface area contributed by atoms with Crippen LogP contribution < -0.4 is 10.6 Å². The van der Waals surface area contributed by atoms with Crippen LogP contribution in [-0.2, 0) is 17.5 Å². The predicted octanol–water partition coefficient (Wildman–Crippen LogP) is 5.65. The molecular formula is C28H25F3N8O2. The zero-order valence-corrected chi connectivity index (χ0v) is 22.3. The third-order valence-electron chi connectivity index (χ3n) is 6.33. The van der Waals surface area contributed by atoms with Gasteiger partial charge in [0.25, 0.3) is 0 Å². The van der Waals surface area contributed by atoms with E-state index in [1.807, 2.05) is 37.3 Å². The maximum absolute atomic E-state index is 13.1. The number of anilines is 2. The van der Waals surface area contributed by atoms with Gasteiger partial charge in [-0.1, -0.05) is 40.7 Å². The number of nitrogens with zero attached hydrogens (tertiary/aromatic N) is 6. The molecule has 0 saturated carbocycles. The van der Waals surface area contributed by atoms with Gasteiger partial charge in [0.05, 0.1) is 17.5 Å². The molecule has 5 aromatic rings. The zero-order chi connectivity index (χ0) is 29.1. The Hall–Kier alpha value is -5.07. The molecule has 0 saturated heterocycles. The monoisotopic (exact) mass is 562 g/mol. The molecule has 5 rings (SSSR count). The molecule has 0 radical (unpaired) electrons. The van der Waals surface area contributed by atoms with Crippen molar-refractivity contribution >= 4 is 17.5 Å². The number of aryl methyl sites for hydroxylation is 2. The second-order valence-corrected chi connectivity index (χ2v) is 9.38. The van der Waals surface area contributed by atoms with Gasteiger partial charge in [0.15, 0.2) is 0 Å². The van der Waals surface area contributed by atoms with Crippen LogP contribution >= 0.6 is 0 Å². The van der Waals surface area contributed by atoms with Crippen molar-refractivity contribution in [2.45, 2.75) is 39.5 Å². The third kappa shape index (κ3) is 6.24. The number of hydrogen-bond donors (Lipinski definition) is 2. The number of halogens is 3. The van der Waals surface area contributed by atoms with Crippen LogP contribution in [0.5, 0.6) is 0 Å². The maximum Gasteiger partial charge on any atom is 0.416 e. The smallest absolute Gasteiger partial charge is 0.361 e. The SMILES string of the molecule is Cc1cc(Nc2cc(C(F)(F)F)ccn2)nc(-c2cn(C(C)C(=O)NCc3c(-c4ccccc4)noc3C)nn2)c1. The Bertz CT molecular complexity index is 1680. The number of rotatable bonds is 8. The van der Waals surface area contributed by atoms with Crippen LogP contribution in [0.25, 0.3) is 22.6 Å². The summed E-state index contributed by atoms with van der Waals surface area (Å²) >= 11 is 0. The summed E-state index contributed by atoms with van der Waals surface area (Å²) in [6.07, 6.45) is -1.84. The van der Waals surface area contributed by atoms with Gasteiger partial charge in [-0.3, -0.25) is 4.79 Å². The average Bonchev–Trinajstić information content (AvgIpc) is 3.58. The van der Waals surface area contributed by atoms with E-state index in [1.54, 1.807) is 32.2 Å². The van der Waals surface area contributed by atoms with Gasteiger partial charge >= 0.3 is 6.18 Å². The van der Waals surface area contributed by atoms with E-state index in [1.165, 1.54) is 4.68 Å². The number of aromatic nitrogens is 6. The number of alkyl halides is 3. The van der Waals surface area contributed by atoms with E-state index in [-0.39, 0.29) is 24.1 Å². The molecule has 0 spiro atoms. The second kappa shape index (κ2) is 11.2. The van der Waals surface area contributed by atoms with E-state index in [0.717, 1.165) is 35.0 Å². The number of benzene rings is 1. The Morgan fingerprint density at radius 2 is 1.83 bits per heavy atom. The molecule has 10 nitrogen and oxygen atoms in total. The van der Waals surface area contributed by atoms with Gasteiger partial charge in [0, 0.05) is 23.9 Å². The molecule has 210 valence electrons. The van der Waals surface area contributed by atoms with Crippen LogP contribution in [0.3, 0.4) is 0 Å². The van der Waals surface area contributed by atoms with Crippen molar-refractivity contribution in [1.29, 1.82) is 0 Å². The second-order valence-electron chi connectivity index (χ2n) is 9.38. The van der Waals surface area contributed by atoms with Crippen LogP contribution in [0.2, 0.25) is 0 Å². The summed E-state index contributed by atoms with van der Waals surface area (Å²) in [5, 5.41) is 18.1. The van der Waals surface area contributed by atoms with Crippen molar-refractivity contribution in [3.05, 3.63) is 89.4 Å². The Morgan fingerprint density at radius 1 is 1.05 bits per heavy atom. The minimum atomic E-state index is -4.50. The van der Waals surface area contributed by atoms with Gasteiger partial charge in [0.2, 0.25) is 5.91 Å². The van der Waals surface area contributed by atoms with Crippen molar-refractivity contribution < 1.29 is 22.5 Å². The summed E-state index contributed by atoms with van der Waals surface area (Å²) < 4.78 is 46.0. The molecule has 1 aromatic carbocycles. The fraction of sp³-hybridized carbons (Fsp3) is 0.214. The van der Waals surface area contributed by atoms with Crippen molar-refractivity contribution in [3.8, 4) is 22.6 Å². The molecule has 1 amide bonds. The summed E-state index contributed by atoms with van der Waals surface area (Å²) in [6, 6.07) is 14.1. The quantitative estimate of drug-likeness (QED) is 0.249. The lowest BCUT2D eigenvalue weighted by Crippen LogP contribution is -2.31. The number of amides is 1.